The maximum Gasteiger partial charge on any atom is 0.416 e. The number of nitro benzene ring substituents is 1. The molecular weight excluding hydrogens is 351 g/mol. The summed E-state index contributed by atoms with van der Waals surface area (Å²) >= 11 is 0. The van der Waals surface area contributed by atoms with Crippen LogP contribution >= 0.6 is 0 Å². The average molecular weight is 361 g/mol. The number of amides is 1. The van der Waals surface area contributed by atoms with E-state index in [4.69, 9.17) is 0 Å². The standard InChI is InChI=1S/C17H10F3N3O3/c18-17(19,20)11-3-6-14-13(9-11)15(7-8-21-14)22-16(24)10-1-4-12(5-2-10)23(25)26/h1-9H,(H,21,22,24). The highest BCUT2D eigenvalue weighted by molar-refractivity contribution is 6.08. The molecule has 0 aliphatic rings. The van der Waals surface area contributed by atoms with E-state index in [1.165, 1.54) is 42.6 Å². The number of hydrogen-bond acceptors (Lipinski definition) is 4. The number of anilines is 1. The van der Waals surface area contributed by atoms with E-state index in [2.05, 4.69) is 10.3 Å². The van der Waals surface area contributed by atoms with Crippen LogP contribution in [0.3, 0.4) is 0 Å². The van der Waals surface area contributed by atoms with Crippen LogP contribution in [0.25, 0.3) is 10.9 Å². The molecule has 0 saturated carbocycles. The molecule has 1 heterocycles. The quantitative estimate of drug-likeness (QED) is 0.553. The zero-order valence-electron chi connectivity index (χ0n) is 12.9. The highest BCUT2D eigenvalue weighted by Crippen LogP contribution is 2.33. The highest BCUT2D eigenvalue weighted by Gasteiger charge is 2.30. The van der Waals surface area contributed by atoms with Crippen LogP contribution in [0.4, 0.5) is 24.5 Å². The summed E-state index contributed by atoms with van der Waals surface area (Å²) in [5.41, 5.74) is -0.453. The summed E-state index contributed by atoms with van der Waals surface area (Å²) in [5.74, 6) is -0.607. The Morgan fingerprint density at radius 2 is 1.77 bits per heavy atom. The Morgan fingerprint density at radius 3 is 2.38 bits per heavy atom. The molecule has 132 valence electrons. The van der Waals surface area contributed by atoms with Gasteiger partial charge in [-0.25, -0.2) is 0 Å². The van der Waals surface area contributed by atoms with Crippen molar-refractivity contribution < 1.29 is 22.9 Å². The van der Waals surface area contributed by atoms with Crippen LogP contribution in [-0.4, -0.2) is 15.8 Å². The van der Waals surface area contributed by atoms with Crippen LogP contribution in [0, 0.1) is 10.1 Å². The summed E-state index contributed by atoms with van der Waals surface area (Å²) in [6, 6.07) is 9.29. The summed E-state index contributed by atoms with van der Waals surface area (Å²) in [7, 11) is 0. The van der Waals surface area contributed by atoms with E-state index in [9.17, 15) is 28.1 Å². The summed E-state index contributed by atoms with van der Waals surface area (Å²) < 4.78 is 38.7. The first-order valence-electron chi connectivity index (χ1n) is 7.27. The topological polar surface area (TPSA) is 85.1 Å². The lowest BCUT2D eigenvalue weighted by Gasteiger charge is -2.11. The minimum absolute atomic E-state index is 0.132. The molecule has 0 atom stereocenters. The van der Waals surface area contributed by atoms with Gasteiger partial charge in [0.1, 0.15) is 0 Å². The molecule has 9 heteroatoms. The van der Waals surface area contributed by atoms with E-state index in [-0.39, 0.29) is 22.3 Å². The number of nitrogens with zero attached hydrogens (tertiary/aromatic N) is 2. The number of alkyl halides is 3. The van der Waals surface area contributed by atoms with Gasteiger partial charge in [-0.05, 0) is 36.4 Å². The number of nitrogens with one attached hydrogen (secondary N) is 1. The zero-order chi connectivity index (χ0) is 18.9. The summed E-state index contributed by atoms with van der Waals surface area (Å²) in [6.07, 6.45) is -3.16. The number of aromatic nitrogens is 1. The van der Waals surface area contributed by atoms with Gasteiger partial charge in [-0.3, -0.25) is 19.9 Å². The van der Waals surface area contributed by atoms with E-state index in [0.29, 0.717) is 5.52 Å². The number of halogens is 3. The Labute approximate surface area is 144 Å². The Kier molecular flexibility index (Phi) is 4.29. The van der Waals surface area contributed by atoms with Crippen LogP contribution < -0.4 is 5.32 Å². The van der Waals surface area contributed by atoms with Crippen molar-refractivity contribution in [1.82, 2.24) is 4.98 Å². The number of hydrogen-bond donors (Lipinski definition) is 1. The monoisotopic (exact) mass is 361 g/mol. The fraction of sp³-hybridized carbons (Fsp3) is 0.0588. The van der Waals surface area contributed by atoms with Gasteiger partial charge in [0.05, 0.1) is 21.7 Å². The van der Waals surface area contributed by atoms with E-state index in [1.54, 1.807) is 0 Å². The van der Waals surface area contributed by atoms with Crippen molar-refractivity contribution >= 4 is 28.2 Å². The molecular formula is C17H10F3N3O3. The third-order valence-electron chi connectivity index (χ3n) is 3.66. The SMILES string of the molecule is O=C(Nc1ccnc2ccc(C(F)(F)F)cc12)c1ccc([N+](=O)[O-])cc1. The minimum atomic E-state index is -4.52. The second-order valence-corrected chi connectivity index (χ2v) is 5.35. The fourth-order valence-corrected chi connectivity index (χ4v) is 2.36. The fourth-order valence-electron chi connectivity index (χ4n) is 2.36. The van der Waals surface area contributed by atoms with Gasteiger partial charge < -0.3 is 5.32 Å². The van der Waals surface area contributed by atoms with Gasteiger partial charge in [-0.15, -0.1) is 0 Å². The van der Waals surface area contributed by atoms with Gasteiger partial charge in [0.2, 0.25) is 0 Å². The predicted octanol–water partition coefficient (Wildman–Crippen LogP) is 4.41. The van der Waals surface area contributed by atoms with Crippen LogP contribution in [0.5, 0.6) is 0 Å². The van der Waals surface area contributed by atoms with Crippen molar-refractivity contribution in [3.63, 3.8) is 0 Å². The third-order valence-corrected chi connectivity index (χ3v) is 3.66. The second-order valence-electron chi connectivity index (χ2n) is 5.35. The van der Waals surface area contributed by atoms with Crippen molar-refractivity contribution in [1.29, 1.82) is 0 Å². The summed E-state index contributed by atoms with van der Waals surface area (Å²) in [5, 5.41) is 13.3. The largest absolute Gasteiger partial charge is 0.416 e. The predicted molar refractivity (Wildman–Crippen MR) is 87.8 cm³/mol. The molecule has 6 nitrogen and oxygen atoms in total. The van der Waals surface area contributed by atoms with E-state index < -0.39 is 22.6 Å². The molecule has 1 N–H and O–H groups in total. The van der Waals surface area contributed by atoms with Crippen molar-refractivity contribution in [2.45, 2.75) is 6.18 Å². The smallest absolute Gasteiger partial charge is 0.321 e. The molecule has 26 heavy (non-hydrogen) atoms. The van der Waals surface area contributed by atoms with Gasteiger partial charge in [-0.2, -0.15) is 13.2 Å². The van der Waals surface area contributed by atoms with Crippen molar-refractivity contribution in [3.8, 4) is 0 Å². The molecule has 0 saturated heterocycles. The molecule has 3 rings (SSSR count). The van der Waals surface area contributed by atoms with E-state index in [0.717, 1.165) is 12.1 Å². The number of carbonyl (C=O) groups excluding carboxylic acids is 1. The number of non-ortho nitro benzene ring substituents is 1. The van der Waals surface area contributed by atoms with E-state index >= 15 is 0 Å². The number of pyridine rings is 1. The highest BCUT2D eigenvalue weighted by atomic mass is 19.4. The minimum Gasteiger partial charge on any atom is -0.321 e. The lowest BCUT2D eigenvalue weighted by Crippen LogP contribution is -2.12. The number of nitro groups is 1. The third kappa shape index (κ3) is 3.46. The summed E-state index contributed by atoms with van der Waals surface area (Å²) in [4.78, 5) is 26.3. The number of carbonyl (C=O) groups is 1. The molecule has 3 aromatic rings. The average Bonchev–Trinajstić information content (AvgIpc) is 2.61. The Balaban J connectivity index is 1.94. The Morgan fingerprint density at radius 1 is 1.08 bits per heavy atom. The molecule has 1 amide bonds. The Bertz CT molecular complexity index is 1000. The number of rotatable bonds is 3. The maximum absolute atomic E-state index is 12.9. The van der Waals surface area contributed by atoms with Gasteiger partial charge in [0, 0.05) is 29.3 Å². The second kappa shape index (κ2) is 6.43. The van der Waals surface area contributed by atoms with Crippen molar-refractivity contribution in [2.24, 2.45) is 0 Å². The van der Waals surface area contributed by atoms with Gasteiger partial charge in [-0.1, -0.05) is 0 Å². The summed E-state index contributed by atoms with van der Waals surface area (Å²) in [6.45, 7) is 0. The molecule has 0 unspecified atom stereocenters. The number of fused-ring (bicyclic) bond motifs is 1. The van der Waals surface area contributed by atoms with E-state index in [1.807, 2.05) is 0 Å². The molecule has 0 aliphatic carbocycles. The van der Waals surface area contributed by atoms with Crippen LogP contribution in [0.2, 0.25) is 0 Å². The molecule has 0 aliphatic heterocycles. The first-order chi connectivity index (χ1) is 12.3. The van der Waals surface area contributed by atoms with Crippen LogP contribution in [-0.2, 0) is 6.18 Å². The lowest BCUT2D eigenvalue weighted by molar-refractivity contribution is -0.384. The molecule has 0 bridgehead atoms. The molecule has 0 spiro atoms. The van der Waals surface area contributed by atoms with Gasteiger partial charge in [0.15, 0.2) is 0 Å². The van der Waals surface area contributed by atoms with Gasteiger partial charge >= 0.3 is 6.18 Å². The van der Waals surface area contributed by atoms with Crippen molar-refractivity contribution in [3.05, 3.63) is 76.0 Å². The normalized spacial score (nSPS) is 11.3. The van der Waals surface area contributed by atoms with Gasteiger partial charge in [0.25, 0.3) is 11.6 Å². The van der Waals surface area contributed by atoms with Crippen LogP contribution in [0.15, 0.2) is 54.7 Å². The molecule has 2 aromatic carbocycles. The molecule has 0 radical (unpaired) electrons. The zero-order valence-corrected chi connectivity index (χ0v) is 12.9. The van der Waals surface area contributed by atoms with Crippen molar-refractivity contribution in [2.75, 3.05) is 5.32 Å². The molecule has 0 fully saturated rings. The maximum atomic E-state index is 12.9. The first kappa shape index (κ1) is 17.3. The molecule has 1 aromatic heterocycles. The Hall–Kier alpha value is -3.49. The van der Waals surface area contributed by atoms with Crippen LogP contribution in [0.1, 0.15) is 15.9 Å². The lowest BCUT2D eigenvalue weighted by atomic mass is 10.1. The first-order valence-corrected chi connectivity index (χ1v) is 7.27. The number of benzene rings is 2.